The average molecular weight is 638 g/mol. The molecule has 1 aromatic heterocycles. The Labute approximate surface area is 261 Å². The van der Waals surface area contributed by atoms with Crippen LogP contribution < -0.4 is 9.47 Å². The third kappa shape index (κ3) is 7.15. The molecule has 0 atom stereocenters. The summed E-state index contributed by atoms with van der Waals surface area (Å²) in [6.07, 6.45) is 4.34. The number of likely N-dealkylation sites (tertiary alicyclic amines) is 1. The normalized spacial score (nSPS) is 15.9. The number of hydrogen-bond donors (Lipinski definition) is 0. The molecule has 3 heterocycles. The molecule has 43 heavy (non-hydrogen) atoms. The van der Waals surface area contributed by atoms with Gasteiger partial charge in [-0.2, -0.15) is 0 Å². The van der Waals surface area contributed by atoms with E-state index in [2.05, 4.69) is 11.1 Å². The van der Waals surface area contributed by atoms with Gasteiger partial charge in [0, 0.05) is 42.2 Å². The van der Waals surface area contributed by atoms with E-state index in [-0.39, 0.29) is 17.1 Å². The van der Waals surface area contributed by atoms with Gasteiger partial charge in [0.15, 0.2) is 9.84 Å². The van der Waals surface area contributed by atoms with Gasteiger partial charge in [-0.25, -0.2) is 13.2 Å². The van der Waals surface area contributed by atoms with Gasteiger partial charge < -0.3 is 14.4 Å². The molecule has 1 fully saturated rings. The zero-order valence-electron chi connectivity index (χ0n) is 23.3. The first-order chi connectivity index (χ1) is 20.7. The maximum Gasteiger partial charge on any atom is 0.415 e. The zero-order chi connectivity index (χ0) is 30.0. The van der Waals surface area contributed by atoms with Crippen LogP contribution in [0.4, 0.5) is 4.79 Å². The van der Waals surface area contributed by atoms with Crippen LogP contribution in [0.15, 0.2) is 85.1 Å². The Balaban J connectivity index is 1.06. The summed E-state index contributed by atoms with van der Waals surface area (Å²) in [6.45, 7) is 1.06. The topological polar surface area (TPSA) is 85.8 Å². The Bertz CT molecular complexity index is 1720. The smallest absolute Gasteiger partial charge is 0.415 e. The number of amides is 1. The molecule has 0 saturated carbocycles. The van der Waals surface area contributed by atoms with Crippen molar-refractivity contribution < 1.29 is 22.7 Å². The van der Waals surface area contributed by atoms with Crippen LogP contribution in [-0.4, -0.2) is 43.1 Å². The molecular formula is C33H30Cl2N2O5S. The minimum atomic E-state index is -3.33. The van der Waals surface area contributed by atoms with Gasteiger partial charge in [0.1, 0.15) is 17.1 Å². The molecule has 222 valence electrons. The fourth-order valence-electron chi connectivity index (χ4n) is 5.71. The van der Waals surface area contributed by atoms with Gasteiger partial charge in [-0.1, -0.05) is 59.6 Å². The fraction of sp³-hybridized carbons (Fsp3) is 0.273. The van der Waals surface area contributed by atoms with E-state index in [1.165, 1.54) is 0 Å². The first-order valence-electron chi connectivity index (χ1n) is 14.1. The Hall–Kier alpha value is -3.59. The van der Waals surface area contributed by atoms with E-state index in [9.17, 15) is 13.2 Å². The summed E-state index contributed by atoms with van der Waals surface area (Å²) in [6, 6.07) is 23.9. The number of aromatic nitrogens is 1. The van der Waals surface area contributed by atoms with Crippen LogP contribution in [0.5, 0.6) is 11.5 Å². The molecule has 7 nitrogen and oxygen atoms in total. The first kappa shape index (κ1) is 29.5. The molecular weight excluding hydrogens is 607 g/mol. The van der Waals surface area contributed by atoms with Gasteiger partial charge in [-0.15, -0.1) is 0 Å². The van der Waals surface area contributed by atoms with E-state index in [0.717, 1.165) is 40.8 Å². The number of aryl methyl sites for hydroxylation is 1. The first-order valence-corrected chi connectivity index (χ1v) is 16.7. The second-order valence-corrected chi connectivity index (χ2v) is 14.1. The molecule has 0 radical (unpaired) electrons. The number of rotatable bonds is 6. The number of sulfone groups is 1. The maximum absolute atomic E-state index is 12.7. The standard InChI is InChI=1S/C33H30Cl2N2O5S/c34-27-18-28(35)20-30(19-27)41-32(38)37-15-12-33(13-16-37)11-10-26-17-25(8-9-31(26)42-33)24-6-4-23(5-7-24)21-43(39,40)22-29-3-1-2-14-36-29/h1-9,14,17-20H,10-13,15-16,21-22H2. The predicted molar refractivity (Wildman–Crippen MR) is 167 cm³/mol. The molecule has 3 aromatic carbocycles. The Morgan fingerprint density at radius 3 is 2.30 bits per heavy atom. The molecule has 0 N–H and O–H groups in total. The molecule has 10 heteroatoms. The minimum absolute atomic E-state index is 0.0337. The molecule has 0 aliphatic carbocycles. The number of pyridine rings is 1. The van der Waals surface area contributed by atoms with Crippen LogP contribution in [0.2, 0.25) is 10.0 Å². The Morgan fingerprint density at radius 1 is 0.884 bits per heavy atom. The van der Waals surface area contributed by atoms with Crippen molar-refractivity contribution >= 4 is 39.1 Å². The lowest BCUT2D eigenvalue weighted by molar-refractivity contribution is -0.00948. The van der Waals surface area contributed by atoms with Crippen LogP contribution in [0.3, 0.4) is 0 Å². The second kappa shape index (κ2) is 12.2. The third-order valence-corrected chi connectivity index (χ3v) is 9.92. The summed E-state index contributed by atoms with van der Waals surface area (Å²) >= 11 is 12.0. The van der Waals surface area contributed by atoms with E-state index in [1.807, 2.05) is 36.4 Å². The molecule has 0 bridgehead atoms. The lowest BCUT2D eigenvalue weighted by Gasteiger charge is -2.44. The third-order valence-electron chi connectivity index (χ3n) is 7.98. The number of ether oxygens (including phenoxy) is 2. The Kier molecular flexibility index (Phi) is 8.36. The summed E-state index contributed by atoms with van der Waals surface area (Å²) in [5.41, 5.74) is 4.19. The van der Waals surface area contributed by atoms with Gasteiger partial charge in [-0.05, 0) is 77.6 Å². The molecule has 2 aliphatic rings. The summed E-state index contributed by atoms with van der Waals surface area (Å²) in [4.78, 5) is 18.6. The van der Waals surface area contributed by atoms with Crippen molar-refractivity contribution in [3.8, 4) is 22.6 Å². The summed E-state index contributed by atoms with van der Waals surface area (Å²) in [7, 11) is -3.33. The van der Waals surface area contributed by atoms with Gasteiger partial charge in [-0.3, -0.25) is 4.98 Å². The van der Waals surface area contributed by atoms with Crippen molar-refractivity contribution in [3.63, 3.8) is 0 Å². The molecule has 4 aromatic rings. The van der Waals surface area contributed by atoms with Gasteiger partial charge in [0.25, 0.3) is 0 Å². The van der Waals surface area contributed by atoms with Crippen LogP contribution in [0.25, 0.3) is 11.1 Å². The predicted octanol–water partition coefficient (Wildman–Crippen LogP) is 7.53. The summed E-state index contributed by atoms with van der Waals surface area (Å²) in [5.74, 6) is 1.08. The highest BCUT2D eigenvalue weighted by molar-refractivity contribution is 7.89. The lowest BCUT2D eigenvalue weighted by atomic mass is 9.82. The molecule has 1 amide bonds. The monoisotopic (exact) mass is 636 g/mol. The quantitative estimate of drug-likeness (QED) is 0.217. The van der Waals surface area contributed by atoms with E-state index >= 15 is 0 Å². The highest BCUT2D eigenvalue weighted by Gasteiger charge is 2.41. The number of fused-ring (bicyclic) bond motifs is 1. The van der Waals surface area contributed by atoms with E-state index in [0.29, 0.717) is 47.4 Å². The Morgan fingerprint density at radius 2 is 1.60 bits per heavy atom. The van der Waals surface area contributed by atoms with Crippen LogP contribution in [0, 0.1) is 0 Å². The molecule has 0 unspecified atom stereocenters. The van der Waals surface area contributed by atoms with E-state index in [4.69, 9.17) is 32.7 Å². The van der Waals surface area contributed by atoms with Crippen molar-refractivity contribution in [1.29, 1.82) is 0 Å². The number of nitrogens with zero attached hydrogens (tertiary/aromatic N) is 2. The van der Waals surface area contributed by atoms with E-state index < -0.39 is 15.9 Å². The molecule has 1 saturated heterocycles. The van der Waals surface area contributed by atoms with Crippen molar-refractivity contribution in [2.45, 2.75) is 42.8 Å². The van der Waals surface area contributed by atoms with Crippen LogP contribution in [0.1, 0.15) is 36.1 Å². The number of carbonyl (C=O) groups excluding carboxylic acids is 1. The van der Waals surface area contributed by atoms with Crippen molar-refractivity contribution in [1.82, 2.24) is 9.88 Å². The van der Waals surface area contributed by atoms with Crippen molar-refractivity contribution in [3.05, 3.63) is 112 Å². The number of piperidine rings is 1. The van der Waals surface area contributed by atoms with Crippen LogP contribution in [-0.2, 0) is 27.8 Å². The fourth-order valence-corrected chi connectivity index (χ4v) is 7.64. The minimum Gasteiger partial charge on any atom is -0.487 e. The average Bonchev–Trinajstić information content (AvgIpc) is 2.97. The summed E-state index contributed by atoms with van der Waals surface area (Å²) < 4.78 is 37.4. The largest absolute Gasteiger partial charge is 0.487 e. The molecule has 2 aliphatic heterocycles. The number of hydrogen-bond acceptors (Lipinski definition) is 6. The summed E-state index contributed by atoms with van der Waals surface area (Å²) in [5, 5.41) is 0.815. The highest BCUT2D eigenvalue weighted by Crippen LogP contribution is 2.41. The highest BCUT2D eigenvalue weighted by atomic mass is 35.5. The van der Waals surface area contributed by atoms with E-state index in [1.54, 1.807) is 47.5 Å². The SMILES string of the molecule is O=C(Oc1cc(Cl)cc(Cl)c1)N1CCC2(CCc3cc(-c4ccc(CS(=O)(=O)Cc5ccccn5)cc4)ccc3O2)CC1. The number of halogens is 2. The lowest BCUT2D eigenvalue weighted by Crippen LogP contribution is -2.51. The van der Waals surface area contributed by atoms with Gasteiger partial charge in [0.2, 0.25) is 0 Å². The van der Waals surface area contributed by atoms with Crippen molar-refractivity contribution in [2.24, 2.45) is 0 Å². The number of carbonyl (C=O) groups is 1. The molecule has 1 spiro atoms. The van der Waals surface area contributed by atoms with Crippen molar-refractivity contribution in [2.75, 3.05) is 13.1 Å². The maximum atomic E-state index is 12.7. The second-order valence-electron chi connectivity index (χ2n) is 11.1. The van der Waals surface area contributed by atoms with Gasteiger partial charge >= 0.3 is 6.09 Å². The van der Waals surface area contributed by atoms with Gasteiger partial charge in [0.05, 0.1) is 17.2 Å². The van der Waals surface area contributed by atoms with Crippen LogP contribution >= 0.6 is 23.2 Å². The number of benzene rings is 3. The molecule has 6 rings (SSSR count). The zero-order valence-corrected chi connectivity index (χ0v) is 25.7.